The minimum atomic E-state index is -0.233. The van der Waals surface area contributed by atoms with E-state index in [9.17, 15) is 14.4 Å². The third-order valence-corrected chi connectivity index (χ3v) is 6.03. The number of imide groups is 1. The van der Waals surface area contributed by atoms with Gasteiger partial charge in [0.1, 0.15) is 0 Å². The Morgan fingerprint density at radius 1 is 0.929 bits per heavy atom. The number of benzene rings is 1. The summed E-state index contributed by atoms with van der Waals surface area (Å²) in [5.74, 6) is -0.902. The number of piperidine rings is 1. The van der Waals surface area contributed by atoms with Crippen LogP contribution >= 0.6 is 0 Å². The number of anilines is 2. The number of carbonyl (C=O) groups is 3. The summed E-state index contributed by atoms with van der Waals surface area (Å²) in [6.45, 7) is 2.32. The van der Waals surface area contributed by atoms with Crippen molar-refractivity contribution in [2.75, 3.05) is 29.9 Å². The van der Waals surface area contributed by atoms with Crippen LogP contribution in [-0.2, 0) is 14.4 Å². The third-order valence-electron chi connectivity index (χ3n) is 6.03. The molecule has 2 heterocycles. The zero-order chi connectivity index (χ0) is 19.5. The number of nitrogens with zero attached hydrogens (tertiary/aromatic N) is 2. The Morgan fingerprint density at radius 3 is 2.14 bits per heavy atom. The lowest BCUT2D eigenvalue weighted by atomic mass is 9.85. The van der Waals surface area contributed by atoms with Gasteiger partial charge in [-0.25, -0.2) is 0 Å². The highest BCUT2D eigenvalue weighted by atomic mass is 16.2. The first-order valence-corrected chi connectivity index (χ1v) is 10.3. The molecule has 0 aromatic heterocycles. The normalized spacial score (nSPS) is 24.4. The van der Waals surface area contributed by atoms with Crippen molar-refractivity contribution in [1.82, 2.24) is 4.90 Å². The van der Waals surface area contributed by atoms with E-state index in [0.717, 1.165) is 18.8 Å². The Labute approximate surface area is 165 Å². The van der Waals surface area contributed by atoms with Crippen molar-refractivity contribution in [3.8, 4) is 0 Å². The quantitative estimate of drug-likeness (QED) is 0.629. The molecule has 1 aromatic carbocycles. The SMILES string of the molecule is O=C(CCN1C(=O)[C@H]2CC=CC[C@H]2C1=O)Nc1ccc(N2CCCCC2)cc1. The maximum Gasteiger partial charge on any atom is 0.233 e. The highest BCUT2D eigenvalue weighted by Crippen LogP contribution is 2.35. The first-order chi connectivity index (χ1) is 13.6. The third kappa shape index (κ3) is 3.81. The molecule has 0 saturated carbocycles. The van der Waals surface area contributed by atoms with Crippen molar-refractivity contribution >= 4 is 29.1 Å². The van der Waals surface area contributed by atoms with Crippen LogP contribution in [0.5, 0.6) is 0 Å². The van der Waals surface area contributed by atoms with E-state index in [4.69, 9.17) is 0 Å². The second-order valence-corrected chi connectivity index (χ2v) is 7.88. The van der Waals surface area contributed by atoms with Crippen molar-refractivity contribution in [3.63, 3.8) is 0 Å². The topological polar surface area (TPSA) is 69.7 Å². The van der Waals surface area contributed by atoms with Gasteiger partial charge in [0.2, 0.25) is 17.7 Å². The summed E-state index contributed by atoms with van der Waals surface area (Å²) in [5, 5.41) is 2.87. The summed E-state index contributed by atoms with van der Waals surface area (Å²) in [6, 6.07) is 7.89. The van der Waals surface area contributed by atoms with Gasteiger partial charge in [0.15, 0.2) is 0 Å². The molecule has 0 bridgehead atoms. The lowest BCUT2D eigenvalue weighted by molar-refractivity contribution is -0.140. The number of likely N-dealkylation sites (tertiary alicyclic amines) is 1. The van der Waals surface area contributed by atoms with Gasteiger partial charge in [0.05, 0.1) is 11.8 Å². The molecule has 0 spiro atoms. The standard InChI is InChI=1S/C22H27N3O3/c26-20(12-15-25-21(27)18-6-2-3-7-19(18)22(25)28)23-16-8-10-17(11-9-16)24-13-4-1-5-14-24/h2-3,8-11,18-19H,1,4-7,12-15H2,(H,23,26)/t18-,19+. The van der Waals surface area contributed by atoms with Gasteiger partial charge in [-0.3, -0.25) is 19.3 Å². The molecule has 2 aliphatic heterocycles. The maximum absolute atomic E-state index is 12.4. The number of fused-ring (bicyclic) bond motifs is 1. The molecule has 28 heavy (non-hydrogen) atoms. The van der Waals surface area contributed by atoms with Gasteiger partial charge in [-0.05, 0) is 56.4 Å². The van der Waals surface area contributed by atoms with Crippen molar-refractivity contribution in [1.29, 1.82) is 0 Å². The summed E-state index contributed by atoms with van der Waals surface area (Å²) in [7, 11) is 0. The van der Waals surface area contributed by atoms with Crippen LogP contribution < -0.4 is 10.2 Å². The molecule has 2 saturated heterocycles. The Kier molecular flexibility index (Phi) is 5.46. The average molecular weight is 381 g/mol. The van der Waals surface area contributed by atoms with Gasteiger partial charge in [-0.15, -0.1) is 0 Å². The maximum atomic E-state index is 12.4. The van der Waals surface area contributed by atoms with E-state index >= 15 is 0 Å². The average Bonchev–Trinajstić information content (AvgIpc) is 2.98. The van der Waals surface area contributed by atoms with Crippen LogP contribution in [0, 0.1) is 11.8 Å². The molecule has 2 fully saturated rings. The van der Waals surface area contributed by atoms with E-state index in [0.29, 0.717) is 12.8 Å². The minimum Gasteiger partial charge on any atom is -0.372 e. The van der Waals surface area contributed by atoms with Crippen LogP contribution in [0.25, 0.3) is 0 Å². The zero-order valence-corrected chi connectivity index (χ0v) is 16.1. The number of nitrogens with one attached hydrogen (secondary N) is 1. The summed E-state index contributed by atoms with van der Waals surface area (Å²) >= 11 is 0. The van der Waals surface area contributed by atoms with E-state index in [-0.39, 0.29) is 42.5 Å². The molecular weight excluding hydrogens is 354 g/mol. The van der Waals surface area contributed by atoms with Gasteiger partial charge in [0.25, 0.3) is 0 Å². The predicted octanol–water partition coefficient (Wildman–Crippen LogP) is 2.96. The predicted molar refractivity (Wildman–Crippen MR) is 108 cm³/mol. The highest BCUT2D eigenvalue weighted by Gasteiger charge is 2.46. The van der Waals surface area contributed by atoms with Crippen LogP contribution in [0.3, 0.4) is 0 Å². The van der Waals surface area contributed by atoms with E-state index < -0.39 is 0 Å². The highest BCUT2D eigenvalue weighted by molar-refractivity contribution is 6.05. The van der Waals surface area contributed by atoms with Crippen molar-refractivity contribution in [2.45, 2.75) is 38.5 Å². The molecule has 1 aliphatic carbocycles. The smallest absolute Gasteiger partial charge is 0.233 e. The van der Waals surface area contributed by atoms with Gasteiger partial charge < -0.3 is 10.2 Å². The molecule has 2 atom stereocenters. The molecule has 148 valence electrons. The number of carbonyl (C=O) groups excluding carboxylic acids is 3. The molecule has 4 rings (SSSR count). The molecule has 3 amide bonds. The van der Waals surface area contributed by atoms with Crippen LogP contribution in [0.2, 0.25) is 0 Å². The molecule has 1 N–H and O–H groups in total. The largest absolute Gasteiger partial charge is 0.372 e. The van der Waals surface area contributed by atoms with E-state index in [1.807, 2.05) is 36.4 Å². The molecular formula is C22H27N3O3. The van der Waals surface area contributed by atoms with Crippen molar-refractivity contribution in [3.05, 3.63) is 36.4 Å². The van der Waals surface area contributed by atoms with Gasteiger partial charge in [-0.2, -0.15) is 0 Å². The molecule has 3 aliphatic rings. The molecule has 6 heteroatoms. The fourth-order valence-corrected chi connectivity index (χ4v) is 4.43. The minimum absolute atomic E-state index is 0.123. The molecule has 0 unspecified atom stereocenters. The summed E-state index contributed by atoms with van der Waals surface area (Å²) in [6.07, 6.45) is 9.06. The number of hydrogen-bond acceptors (Lipinski definition) is 4. The number of rotatable bonds is 5. The van der Waals surface area contributed by atoms with Crippen molar-refractivity contribution in [2.24, 2.45) is 11.8 Å². The fraction of sp³-hybridized carbons (Fsp3) is 0.500. The Hall–Kier alpha value is -2.63. The fourth-order valence-electron chi connectivity index (χ4n) is 4.43. The van der Waals surface area contributed by atoms with Crippen LogP contribution in [0.15, 0.2) is 36.4 Å². The van der Waals surface area contributed by atoms with Gasteiger partial charge in [0, 0.05) is 37.4 Å². The Bertz CT molecular complexity index is 755. The number of amides is 3. The van der Waals surface area contributed by atoms with Crippen LogP contribution in [0.4, 0.5) is 11.4 Å². The number of hydrogen-bond donors (Lipinski definition) is 1. The van der Waals surface area contributed by atoms with E-state index in [1.54, 1.807) is 0 Å². The van der Waals surface area contributed by atoms with E-state index in [2.05, 4.69) is 10.2 Å². The van der Waals surface area contributed by atoms with Gasteiger partial charge >= 0.3 is 0 Å². The van der Waals surface area contributed by atoms with Gasteiger partial charge in [-0.1, -0.05) is 12.2 Å². The Balaban J connectivity index is 1.29. The lowest BCUT2D eigenvalue weighted by Crippen LogP contribution is -2.34. The monoisotopic (exact) mass is 381 g/mol. The van der Waals surface area contributed by atoms with E-state index in [1.165, 1.54) is 29.8 Å². The van der Waals surface area contributed by atoms with Crippen LogP contribution in [0.1, 0.15) is 38.5 Å². The molecule has 1 aromatic rings. The first-order valence-electron chi connectivity index (χ1n) is 10.3. The second kappa shape index (κ2) is 8.17. The molecule has 0 radical (unpaired) electrons. The van der Waals surface area contributed by atoms with Crippen LogP contribution in [-0.4, -0.2) is 42.3 Å². The molecule has 6 nitrogen and oxygen atoms in total. The Morgan fingerprint density at radius 2 is 1.54 bits per heavy atom. The summed E-state index contributed by atoms with van der Waals surface area (Å²) in [4.78, 5) is 40.8. The summed E-state index contributed by atoms with van der Waals surface area (Å²) in [5.41, 5.74) is 1.92. The summed E-state index contributed by atoms with van der Waals surface area (Å²) < 4.78 is 0. The second-order valence-electron chi connectivity index (χ2n) is 7.88. The number of allylic oxidation sites excluding steroid dienone is 2. The zero-order valence-electron chi connectivity index (χ0n) is 16.1. The van der Waals surface area contributed by atoms with Crippen molar-refractivity contribution < 1.29 is 14.4 Å². The first kappa shape index (κ1) is 18.7. The lowest BCUT2D eigenvalue weighted by Gasteiger charge is -2.28.